The van der Waals surface area contributed by atoms with Gasteiger partial charge in [0.1, 0.15) is 5.75 Å². The lowest BCUT2D eigenvalue weighted by Crippen LogP contribution is -2.38. The Bertz CT molecular complexity index is 481. The van der Waals surface area contributed by atoms with E-state index in [0.717, 1.165) is 30.7 Å². The Morgan fingerprint density at radius 3 is 2.63 bits per heavy atom. The molecule has 0 aliphatic heterocycles. The number of aryl methyl sites for hydroxylation is 1. The Hall–Kier alpha value is -1.55. The smallest absolute Gasteiger partial charge is 0.234 e. The number of ether oxygens (including phenoxy) is 1. The Morgan fingerprint density at radius 1 is 1.47 bits per heavy atom. The van der Waals surface area contributed by atoms with Crippen molar-refractivity contribution >= 4 is 11.6 Å². The molecule has 1 aromatic rings. The monoisotopic (exact) mass is 262 g/mol. The zero-order valence-corrected chi connectivity index (χ0v) is 11.9. The molecule has 1 aromatic carbocycles. The third-order valence-corrected chi connectivity index (χ3v) is 4.02. The SMILES string of the molecule is CCc1ccc(OC)c(N(C)C(=O)C2(CN)CC2)c1. The first kappa shape index (κ1) is 13.9. The highest BCUT2D eigenvalue weighted by atomic mass is 16.5. The highest BCUT2D eigenvalue weighted by Crippen LogP contribution is 2.47. The molecule has 104 valence electrons. The molecule has 0 atom stereocenters. The van der Waals surface area contributed by atoms with E-state index in [1.54, 1.807) is 19.1 Å². The summed E-state index contributed by atoms with van der Waals surface area (Å²) in [7, 11) is 3.42. The van der Waals surface area contributed by atoms with E-state index in [2.05, 4.69) is 6.92 Å². The molecule has 1 aliphatic carbocycles. The molecule has 0 unspecified atom stereocenters. The molecule has 1 saturated carbocycles. The molecular weight excluding hydrogens is 240 g/mol. The van der Waals surface area contributed by atoms with Crippen LogP contribution in [0.4, 0.5) is 5.69 Å². The highest BCUT2D eigenvalue weighted by molar-refractivity contribution is 6.00. The number of nitrogens with two attached hydrogens (primary N) is 1. The Balaban J connectivity index is 2.32. The number of hydrogen-bond acceptors (Lipinski definition) is 3. The van der Waals surface area contributed by atoms with E-state index in [9.17, 15) is 4.79 Å². The Morgan fingerprint density at radius 2 is 2.16 bits per heavy atom. The summed E-state index contributed by atoms with van der Waals surface area (Å²) in [5.74, 6) is 0.822. The number of benzene rings is 1. The average molecular weight is 262 g/mol. The molecule has 0 spiro atoms. The molecule has 2 N–H and O–H groups in total. The van der Waals surface area contributed by atoms with Crippen molar-refractivity contribution in [1.82, 2.24) is 0 Å². The first-order valence-electron chi connectivity index (χ1n) is 6.73. The molecule has 4 heteroatoms. The molecule has 19 heavy (non-hydrogen) atoms. The minimum absolute atomic E-state index is 0.0987. The molecule has 1 amide bonds. The minimum Gasteiger partial charge on any atom is -0.495 e. The number of amides is 1. The number of anilines is 1. The lowest BCUT2D eigenvalue weighted by Gasteiger charge is -2.24. The van der Waals surface area contributed by atoms with Crippen LogP contribution < -0.4 is 15.4 Å². The molecule has 0 radical (unpaired) electrons. The lowest BCUT2D eigenvalue weighted by atomic mass is 10.0. The molecule has 1 aliphatic rings. The topological polar surface area (TPSA) is 55.6 Å². The fourth-order valence-electron chi connectivity index (χ4n) is 2.34. The van der Waals surface area contributed by atoms with Crippen molar-refractivity contribution in [2.45, 2.75) is 26.2 Å². The van der Waals surface area contributed by atoms with E-state index in [4.69, 9.17) is 10.5 Å². The number of carbonyl (C=O) groups is 1. The summed E-state index contributed by atoms with van der Waals surface area (Å²) in [4.78, 5) is 14.2. The zero-order chi connectivity index (χ0) is 14.0. The number of hydrogen-bond donors (Lipinski definition) is 1. The van der Waals surface area contributed by atoms with Crippen molar-refractivity contribution in [2.75, 3.05) is 25.6 Å². The second kappa shape index (κ2) is 5.21. The van der Waals surface area contributed by atoms with Crippen molar-refractivity contribution in [1.29, 1.82) is 0 Å². The molecule has 0 saturated heterocycles. The predicted molar refractivity (Wildman–Crippen MR) is 76.5 cm³/mol. The van der Waals surface area contributed by atoms with Gasteiger partial charge in [0.15, 0.2) is 0 Å². The van der Waals surface area contributed by atoms with E-state index in [-0.39, 0.29) is 11.3 Å². The second-order valence-electron chi connectivity index (χ2n) is 5.21. The molecular formula is C15H22N2O2. The van der Waals surface area contributed by atoms with Gasteiger partial charge in [-0.05, 0) is 37.0 Å². The van der Waals surface area contributed by atoms with Crippen LogP contribution >= 0.6 is 0 Å². The molecule has 0 heterocycles. The molecule has 2 rings (SSSR count). The van der Waals surface area contributed by atoms with Gasteiger partial charge in [0.2, 0.25) is 5.91 Å². The van der Waals surface area contributed by atoms with E-state index < -0.39 is 0 Å². The van der Waals surface area contributed by atoms with E-state index >= 15 is 0 Å². The maximum atomic E-state index is 12.5. The summed E-state index contributed by atoms with van der Waals surface area (Å²) in [5, 5.41) is 0. The van der Waals surface area contributed by atoms with Crippen LogP contribution in [0.1, 0.15) is 25.3 Å². The van der Waals surface area contributed by atoms with Crippen LogP contribution in [0, 0.1) is 5.41 Å². The van der Waals surface area contributed by atoms with Crippen LogP contribution in [-0.2, 0) is 11.2 Å². The third-order valence-electron chi connectivity index (χ3n) is 4.02. The van der Waals surface area contributed by atoms with Gasteiger partial charge in [0.25, 0.3) is 0 Å². The third kappa shape index (κ3) is 2.45. The lowest BCUT2D eigenvalue weighted by molar-refractivity contribution is -0.123. The number of carbonyl (C=O) groups excluding carboxylic acids is 1. The van der Waals surface area contributed by atoms with Crippen molar-refractivity contribution < 1.29 is 9.53 Å². The molecule has 1 fully saturated rings. The van der Waals surface area contributed by atoms with Gasteiger partial charge in [-0.1, -0.05) is 13.0 Å². The molecule has 0 aromatic heterocycles. The van der Waals surface area contributed by atoms with Gasteiger partial charge < -0.3 is 15.4 Å². The van der Waals surface area contributed by atoms with Gasteiger partial charge in [-0.2, -0.15) is 0 Å². The largest absolute Gasteiger partial charge is 0.495 e. The van der Waals surface area contributed by atoms with Crippen LogP contribution in [0.3, 0.4) is 0 Å². The Labute approximate surface area is 114 Å². The molecule has 0 bridgehead atoms. The van der Waals surface area contributed by atoms with Gasteiger partial charge in [-0.25, -0.2) is 0 Å². The van der Waals surface area contributed by atoms with Crippen molar-refractivity contribution in [3.8, 4) is 5.75 Å². The number of rotatable bonds is 5. The number of methoxy groups -OCH3 is 1. The van der Waals surface area contributed by atoms with Crippen LogP contribution in [0.5, 0.6) is 5.75 Å². The predicted octanol–water partition coefficient (Wildman–Crippen LogP) is 1.96. The summed E-state index contributed by atoms with van der Waals surface area (Å²) in [5.41, 5.74) is 7.42. The maximum Gasteiger partial charge on any atom is 0.234 e. The van der Waals surface area contributed by atoms with Crippen molar-refractivity contribution in [2.24, 2.45) is 11.1 Å². The first-order chi connectivity index (χ1) is 9.07. The van der Waals surface area contributed by atoms with Crippen LogP contribution in [-0.4, -0.2) is 26.6 Å². The fourth-order valence-corrected chi connectivity index (χ4v) is 2.34. The van der Waals surface area contributed by atoms with Crippen molar-refractivity contribution in [3.05, 3.63) is 23.8 Å². The van der Waals surface area contributed by atoms with E-state index in [0.29, 0.717) is 6.54 Å². The van der Waals surface area contributed by atoms with Gasteiger partial charge in [0, 0.05) is 13.6 Å². The average Bonchev–Trinajstić information content (AvgIpc) is 3.26. The van der Waals surface area contributed by atoms with Gasteiger partial charge in [-0.15, -0.1) is 0 Å². The second-order valence-corrected chi connectivity index (χ2v) is 5.21. The van der Waals surface area contributed by atoms with E-state index in [1.807, 2.05) is 18.2 Å². The quantitative estimate of drug-likeness (QED) is 0.882. The van der Waals surface area contributed by atoms with Crippen LogP contribution in [0.25, 0.3) is 0 Å². The van der Waals surface area contributed by atoms with Gasteiger partial charge >= 0.3 is 0 Å². The summed E-state index contributed by atoms with van der Waals surface area (Å²) in [6, 6.07) is 5.96. The van der Waals surface area contributed by atoms with Crippen LogP contribution in [0.2, 0.25) is 0 Å². The fraction of sp³-hybridized carbons (Fsp3) is 0.533. The summed E-state index contributed by atoms with van der Waals surface area (Å²) in [6.07, 6.45) is 2.71. The summed E-state index contributed by atoms with van der Waals surface area (Å²) in [6.45, 7) is 2.52. The Kier molecular flexibility index (Phi) is 3.80. The van der Waals surface area contributed by atoms with Crippen LogP contribution in [0.15, 0.2) is 18.2 Å². The van der Waals surface area contributed by atoms with Gasteiger partial charge in [0.05, 0.1) is 18.2 Å². The minimum atomic E-state index is -0.331. The maximum absolute atomic E-state index is 12.5. The summed E-state index contributed by atoms with van der Waals surface area (Å²) < 4.78 is 5.36. The van der Waals surface area contributed by atoms with Crippen molar-refractivity contribution in [3.63, 3.8) is 0 Å². The number of nitrogens with zero attached hydrogens (tertiary/aromatic N) is 1. The first-order valence-corrected chi connectivity index (χ1v) is 6.73. The standard InChI is InChI=1S/C15H22N2O2/c1-4-11-5-6-13(19-3)12(9-11)17(2)14(18)15(10-16)7-8-15/h5-6,9H,4,7-8,10,16H2,1-3H3. The highest BCUT2D eigenvalue weighted by Gasteiger charge is 2.50. The van der Waals surface area contributed by atoms with Gasteiger partial charge in [-0.3, -0.25) is 4.79 Å². The normalized spacial score (nSPS) is 16.0. The van der Waals surface area contributed by atoms with E-state index in [1.165, 1.54) is 5.56 Å². The summed E-state index contributed by atoms with van der Waals surface area (Å²) >= 11 is 0. The molecule has 4 nitrogen and oxygen atoms in total. The zero-order valence-electron chi connectivity index (χ0n) is 11.9.